The van der Waals surface area contributed by atoms with E-state index in [0.717, 1.165) is 54.3 Å². The molecule has 0 atom stereocenters. The van der Waals surface area contributed by atoms with E-state index in [2.05, 4.69) is 48.8 Å². The van der Waals surface area contributed by atoms with Crippen molar-refractivity contribution in [1.82, 2.24) is 25.4 Å². The van der Waals surface area contributed by atoms with E-state index in [0.29, 0.717) is 6.04 Å². The number of aliphatic imine (C=N–C) groups is 1. The zero-order chi connectivity index (χ0) is 20.5. The van der Waals surface area contributed by atoms with Crippen molar-refractivity contribution in [3.05, 3.63) is 40.7 Å². The van der Waals surface area contributed by atoms with Crippen molar-refractivity contribution in [2.75, 3.05) is 26.4 Å². The number of hydrogen-bond acceptors (Lipinski definition) is 4. The average molecular weight is 435 g/mol. The number of rotatable bonds is 9. The van der Waals surface area contributed by atoms with E-state index < -0.39 is 0 Å². The number of halogens is 1. The van der Waals surface area contributed by atoms with Crippen molar-refractivity contribution < 1.29 is 0 Å². The van der Waals surface area contributed by atoms with Gasteiger partial charge in [0, 0.05) is 37.6 Å². The highest BCUT2D eigenvalue weighted by molar-refractivity contribution is 7.98. The fourth-order valence-corrected chi connectivity index (χ4v) is 4.50. The number of aryl methyl sites for hydroxylation is 1. The van der Waals surface area contributed by atoms with Gasteiger partial charge in [0.1, 0.15) is 5.82 Å². The first-order chi connectivity index (χ1) is 14.2. The molecule has 0 radical (unpaired) electrons. The third-order valence-electron chi connectivity index (χ3n) is 5.32. The van der Waals surface area contributed by atoms with Crippen LogP contribution in [-0.2, 0) is 12.8 Å². The Morgan fingerprint density at radius 3 is 2.55 bits per heavy atom. The number of nitrogens with one attached hydrogen (secondary N) is 2. The smallest absolute Gasteiger partial charge is 0.191 e. The highest BCUT2D eigenvalue weighted by Crippen LogP contribution is 2.33. The Morgan fingerprint density at radius 1 is 1.14 bits per heavy atom. The van der Waals surface area contributed by atoms with Crippen LogP contribution in [0, 0.1) is 0 Å². The van der Waals surface area contributed by atoms with Crippen LogP contribution in [0.25, 0.3) is 0 Å². The third-order valence-corrected chi connectivity index (χ3v) is 6.22. The molecule has 0 saturated heterocycles. The molecule has 1 aliphatic carbocycles. The lowest BCUT2D eigenvalue weighted by Crippen LogP contribution is -2.38. The summed E-state index contributed by atoms with van der Waals surface area (Å²) < 4.78 is 2.39. The maximum atomic E-state index is 5.93. The molecule has 1 saturated carbocycles. The number of benzene rings is 1. The highest BCUT2D eigenvalue weighted by atomic mass is 35.5. The van der Waals surface area contributed by atoms with Crippen molar-refractivity contribution in [2.45, 2.75) is 56.1 Å². The Bertz CT molecular complexity index is 783. The van der Waals surface area contributed by atoms with Crippen LogP contribution in [0.2, 0.25) is 5.02 Å². The fourth-order valence-electron chi connectivity index (χ4n) is 3.80. The van der Waals surface area contributed by atoms with E-state index in [1.165, 1.54) is 31.2 Å². The Labute approximate surface area is 182 Å². The lowest BCUT2D eigenvalue weighted by atomic mass is 10.1. The van der Waals surface area contributed by atoms with E-state index in [1.54, 1.807) is 18.8 Å². The Balaban J connectivity index is 1.41. The van der Waals surface area contributed by atoms with E-state index in [4.69, 9.17) is 11.6 Å². The van der Waals surface area contributed by atoms with E-state index in [1.807, 2.05) is 12.1 Å². The predicted octanol–water partition coefficient (Wildman–Crippen LogP) is 4.11. The minimum atomic E-state index is 0.581. The van der Waals surface area contributed by atoms with Gasteiger partial charge in [0.15, 0.2) is 11.1 Å². The summed E-state index contributed by atoms with van der Waals surface area (Å²) in [5.74, 6) is 1.95. The molecular weight excluding hydrogens is 404 g/mol. The minimum absolute atomic E-state index is 0.581. The molecular formula is C21H31ClN6S. The molecule has 3 rings (SSSR count). The van der Waals surface area contributed by atoms with Gasteiger partial charge in [-0.2, -0.15) is 0 Å². The molecule has 1 fully saturated rings. The van der Waals surface area contributed by atoms with Gasteiger partial charge < -0.3 is 15.2 Å². The third kappa shape index (κ3) is 6.37. The minimum Gasteiger partial charge on any atom is -0.356 e. The van der Waals surface area contributed by atoms with Crippen LogP contribution in [-0.4, -0.2) is 47.1 Å². The van der Waals surface area contributed by atoms with E-state index in [9.17, 15) is 0 Å². The van der Waals surface area contributed by atoms with Crippen molar-refractivity contribution in [3.8, 4) is 0 Å². The van der Waals surface area contributed by atoms with Gasteiger partial charge in [-0.25, -0.2) is 0 Å². The quantitative estimate of drug-likeness (QED) is 0.269. The molecule has 8 heteroatoms. The molecule has 1 heterocycles. The van der Waals surface area contributed by atoms with Crippen molar-refractivity contribution in [1.29, 1.82) is 0 Å². The van der Waals surface area contributed by atoms with Crippen molar-refractivity contribution >= 4 is 29.3 Å². The average Bonchev–Trinajstić information content (AvgIpc) is 3.40. The first-order valence-electron chi connectivity index (χ1n) is 10.4. The van der Waals surface area contributed by atoms with Crippen LogP contribution in [0.4, 0.5) is 0 Å². The molecule has 6 nitrogen and oxygen atoms in total. The van der Waals surface area contributed by atoms with Crippen LogP contribution in [0.5, 0.6) is 0 Å². The molecule has 0 unspecified atom stereocenters. The molecule has 29 heavy (non-hydrogen) atoms. The summed E-state index contributed by atoms with van der Waals surface area (Å²) in [5.41, 5.74) is 1.26. The predicted molar refractivity (Wildman–Crippen MR) is 122 cm³/mol. The fraction of sp³-hybridized carbons (Fsp3) is 0.571. The molecule has 1 aliphatic rings. The van der Waals surface area contributed by atoms with Gasteiger partial charge in [0.25, 0.3) is 0 Å². The number of guanidine groups is 1. The lowest BCUT2D eigenvalue weighted by Gasteiger charge is -2.16. The first-order valence-corrected chi connectivity index (χ1v) is 12.0. The normalized spacial score (nSPS) is 15.1. The van der Waals surface area contributed by atoms with E-state index in [-0.39, 0.29) is 0 Å². The van der Waals surface area contributed by atoms with E-state index >= 15 is 0 Å². The first kappa shape index (κ1) is 22.0. The van der Waals surface area contributed by atoms with Gasteiger partial charge in [-0.05, 0) is 49.6 Å². The standard InChI is InChI=1S/C21H31ClN6S/c1-23-20(25-15-13-16-9-11-17(22)12-10-16)24-14-5-8-19-26-27-21(29-2)28(19)18-6-3-4-7-18/h9-12,18H,3-8,13-15H2,1-2H3,(H2,23,24,25). The summed E-state index contributed by atoms with van der Waals surface area (Å²) in [6.45, 7) is 1.68. The molecule has 1 aromatic heterocycles. The summed E-state index contributed by atoms with van der Waals surface area (Å²) in [6, 6.07) is 8.55. The Hall–Kier alpha value is -1.73. The van der Waals surface area contributed by atoms with Crippen LogP contribution in [0.3, 0.4) is 0 Å². The SMILES string of the molecule is CN=C(NCCCc1nnc(SC)n1C1CCCC1)NCCc1ccc(Cl)cc1. The van der Waals surface area contributed by atoms with Gasteiger partial charge in [-0.15, -0.1) is 10.2 Å². The molecule has 2 aromatic rings. The van der Waals surface area contributed by atoms with Gasteiger partial charge in [0.2, 0.25) is 0 Å². The largest absolute Gasteiger partial charge is 0.356 e. The number of nitrogens with zero attached hydrogens (tertiary/aromatic N) is 4. The van der Waals surface area contributed by atoms with Crippen molar-refractivity contribution in [2.24, 2.45) is 4.99 Å². The number of thioether (sulfide) groups is 1. The summed E-state index contributed by atoms with van der Waals surface area (Å²) in [6.07, 6.45) is 10.1. The second-order valence-electron chi connectivity index (χ2n) is 7.32. The van der Waals surface area contributed by atoms with Gasteiger partial charge >= 0.3 is 0 Å². The monoisotopic (exact) mass is 434 g/mol. The topological polar surface area (TPSA) is 67.1 Å². The Kier molecular flexibility index (Phi) is 8.68. The lowest BCUT2D eigenvalue weighted by molar-refractivity contribution is 0.460. The summed E-state index contributed by atoms with van der Waals surface area (Å²) >= 11 is 7.63. The second-order valence-corrected chi connectivity index (χ2v) is 8.53. The summed E-state index contributed by atoms with van der Waals surface area (Å²) in [4.78, 5) is 4.31. The molecule has 0 aliphatic heterocycles. The van der Waals surface area contributed by atoms with Gasteiger partial charge in [-0.1, -0.05) is 48.3 Å². The zero-order valence-corrected chi connectivity index (χ0v) is 18.9. The Morgan fingerprint density at radius 2 is 1.86 bits per heavy atom. The van der Waals surface area contributed by atoms with Crippen molar-refractivity contribution in [3.63, 3.8) is 0 Å². The number of aromatic nitrogens is 3. The highest BCUT2D eigenvalue weighted by Gasteiger charge is 2.23. The van der Waals surface area contributed by atoms with Crippen LogP contribution < -0.4 is 10.6 Å². The molecule has 0 spiro atoms. The molecule has 2 N–H and O–H groups in total. The van der Waals surface area contributed by atoms with Crippen LogP contribution in [0.15, 0.2) is 34.4 Å². The summed E-state index contributed by atoms with van der Waals surface area (Å²) in [7, 11) is 1.80. The molecule has 0 amide bonds. The number of hydrogen-bond donors (Lipinski definition) is 2. The zero-order valence-electron chi connectivity index (χ0n) is 17.3. The molecule has 158 valence electrons. The van der Waals surface area contributed by atoms with Crippen LogP contribution in [0.1, 0.15) is 49.5 Å². The summed E-state index contributed by atoms with van der Waals surface area (Å²) in [5, 5.41) is 17.5. The van der Waals surface area contributed by atoms with Gasteiger partial charge in [0.05, 0.1) is 0 Å². The molecule has 0 bridgehead atoms. The van der Waals surface area contributed by atoms with Gasteiger partial charge in [-0.3, -0.25) is 4.99 Å². The molecule has 1 aromatic carbocycles. The maximum absolute atomic E-state index is 5.93. The van der Waals surface area contributed by atoms with Crippen LogP contribution >= 0.6 is 23.4 Å². The maximum Gasteiger partial charge on any atom is 0.191 e. The second kappa shape index (κ2) is 11.5.